The number of carbonyl (C=O) groups excluding carboxylic acids is 1. The number of carboxylic acids is 1. The first-order valence-electron chi connectivity index (χ1n) is 5.63. The van der Waals surface area contributed by atoms with E-state index in [9.17, 15) is 9.59 Å². The number of carboxylic acid groups (broad SMARTS) is 1. The molecule has 0 saturated carbocycles. The van der Waals surface area contributed by atoms with Crippen LogP contribution in [0.3, 0.4) is 0 Å². The lowest BCUT2D eigenvalue weighted by Crippen LogP contribution is -2.42. The maximum Gasteiger partial charge on any atom is 0.407 e. The van der Waals surface area contributed by atoms with Crippen LogP contribution in [0.5, 0.6) is 0 Å². The highest BCUT2D eigenvalue weighted by Gasteiger charge is 2.21. The van der Waals surface area contributed by atoms with Crippen molar-refractivity contribution >= 4 is 12.1 Å². The third kappa shape index (κ3) is 9.62. The van der Waals surface area contributed by atoms with Crippen LogP contribution >= 0.6 is 0 Å². The molecule has 0 aliphatic carbocycles. The third-order valence-electron chi connectivity index (χ3n) is 2.03. The van der Waals surface area contributed by atoms with Crippen LogP contribution in [0.4, 0.5) is 4.79 Å². The average Bonchev–Trinajstić information content (AvgIpc) is 2.16. The van der Waals surface area contributed by atoms with E-state index in [2.05, 4.69) is 5.32 Å². The Kier molecular flexibility index (Phi) is 10.5. The molecule has 1 atom stereocenters. The van der Waals surface area contributed by atoms with E-state index < -0.39 is 18.1 Å². The summed E-state index contributed by atoms with van der Waals surface area (Å²) in [5.41, 5.74) is 0. The minimum atomic E-state index is -1.03. The van der Waals surface area contributed by atoms with Crippen molar-refractivity contribution in [3.63, 3.8) is 0 Å². The van der Waals surface area contributed by atoms with Gasteiger partial charge in [0.1, 0.15) is 6.04 Å². The molecule has 0 fully saturated rings. The van der Waals surface area contributed by atoms with E-state index in [0.717, 1.165) is 12.8 Å². The second kappa shape index (κ2) is 9.89. The van der Waals surface area contributed by atoms with Gasteiger partial charge in [-0.2, -0.15) is 0 Å². The first-order chi connectivity index (χ1) is 7.47. The Morgan fingerprint density at radius 1 is 1.35 bits per heavy atom. The van der Waals surface area contributed by atoms with Crippen molar-refractivity contribution in [2.45, 2.75) is 46.1 Å². The summed E-state index contributed by atoms with van der Waals surface area (Å²) in [5.74, 6) is -0.821. The molecule has 102 valence electrons. The smallest absolute Gasteiger partial charge is 0.407 e. The number of hydrogen-bond donors (Lipinski definition) is 2. The maximum atomic E-state index is 11.2. The lowest BCUT2D eigenvalue weighted by Gasteiger charge is -2.16. The fraction of sp³-hybridized carbons (Fsp3) is 0.818. The van der Waals surface area contributed by atoms with Gasteiger partial charge in [-0.3, -0.25) is 0 Å². The number of aliphatic carboxylic acids is 1. The van der Waals surface area contributed by atoms with Crippen LogP contribution in [-0.4, -0.2) is 35.3 Å². The van der Waals surface area contributed by atoms with Crippen LogP contribution in [0.15, 0.2) is 0 Å². The molecule has 0 aromatic rings. The minimum Gasteiger partial charge on any atom is -0.480 e. The highest BCUT2D eigenvalue weighted by Crippen LogP contribution is 2.05. The van der Waals surface area contributed by atoms with Crippen molar-refractivity contribution in [2.75, 3.05) is 6.61 Å². The van der Waals surface area contributed by atoms with Crippen molar-refractivity contribution in [1.29, 1.82) is 0 Å². The fourth-order valence-electron chi connectivity index (χ4n) is 1.19. The monoisotopic (exact) mass is 249 g/mol. The van der Waals surface area contributed by atoms with Gasteiger partial charge in [-0.15, -0.1) is 0 Å². The van der Waals surface area contributed by atoms with Crippen molar-refractivity contribution in [1.82, 2.24) is 5.32 Å². The zero-order valence-corrected chi connectivity index (χ0v) is 10.7. The van der Waals surface area contributed by atoms with E-state index in [1.807, 2.05) is 20.8 Å². The Balaban J connectivity index is 0. The van der Waals surface area contributed by atoms with Crippen LogP contribution < -0.4 is 5.32 Å². The van der Waals surface area contributed by atoms with Crippen molar-refractivity contribution in [2.24, 2.45) is 5.92 Å². The predicted molar refractivity (Wildman–Crippen MR) is 63.9 cm³/mol. The third-order valence-corrected chi connectivity index (χ3v) is 2.03. The number of ether oxygens (including phenoxy) is 1. The van der Waals surface area contributed by atoms with Gasteiger partial charge in [0.2, 0.25) is 0 Å². The molecule has 0 aliphatic rings. The summed E-state index contributed by atoms with van der Waals surface area (Å²) in [5, 5.41) is 11.2. The molecule has 0 radical (unpaired) electrons. The van der Waals surface area contributed by atoms with E-state index in [1.165, 1.54) is 0 Å². The molecule has 0 aromatic heterocycles. The van der Waals surface area contributed by atoms with Crippen molar-refractivity contribution in [3.8, 4) is 0 Å². The van der Waals surface area contributed by atoms with E-state index in [-0.39, 0.29) is 11.4 Å². The molecular formula is C11H23NO5. The van der Waals surface area contributed by atoms with E-state index in [1.54, 1.807) is 0 Å². The summed E-state index contributed by atoms with van der Waals surface area (Å²) in [6, 6.07) is -0.867. The van der Waals surface area contributed by atoms with Gasteiger partial charge in [0.25, 0.3) is 0 Å². The molecule has 4 N–H and O–H groups in total. The van der Waals surface area contributed by atoms with Gasteiger partial charge in [0, 0.05) is 0 Å². The van der Waals surface area contributed by atoms with Crippen molar-refractivity contribution < 1.29 is 24.9 Å². The number of amides is 1. The number of nitrogens with one attached hydrogen (secondary N) is 1. The zero-order chi connectivity index (χ0) is 12.6. The molecule has 0 unspecified atom stereocenters. The van der Waals surface area contributed by atoms with Gasteiger partial charge >= 0.3 is 12.1 Å². The van der Waals surface area contributed by atoms with Gasteiger partial charge in [0.05, 0.1) is 6.61 Å². The summed E-state index contributed by atoms with van der Waals surface area (Å²) >= 11 is 0. The maximum absolute atomic E-state index is 11.2. The summed E-state index contributed by atoms with van der Waals surface area (Å²) in [4.78, 5) is 22.0. The predicted octanol–water partition coefficient (Wildman–Crippen LogP) is 1.19. The first kappa shape index (κ1) is 18.1. The van der Waals surface area contributed by atoms with Crippen molar-refractivity contribution in [3.05, 3.63) is 0 Å². The minimum absolute atomic E-state index is 0. The van der Waals surface area contributed by atoms with Crippen LogP contribution in [0.25, 0.3) is 0 Å². The largest absolute Gasteiger partial charge is 0.480 e. The fourth-order valence-corrected chi connectivity index (χ4v) is 1.19. The van der Waals surface area contributed by atoms with Gasteiger partial charge in [0.15, 0.2) is 0 Å². The van der Waals surface area contributed by atoms with Crippen LogP contribution in [0.1, 0.15) is 40.0 Å². The standard InChI is InChI=1S/C11H21NO4.H2O/c1-4-5-6-16-11(15)12-9(10(13)14)7-8(2)3;/h8-9H,4-7H2,1-3H3,(H,12,15)(H,13,14);1H2/t9-;/m0./s1. The van der Waals surface area contributed by atoms with Crippen LogP contribution in [-0.2, 0) is 9.53 Å². The Morgan fingerprint density at radius 2 is 1.94 bits per heavy atom. The second-order valence-electron chi connectivity index (χ2n) is 4.15. The highest BCUT2D eigenvalue weighted by atomic mass is 16.5. The lowest BCUT2D eigenvalue weighted by molar-refractivity contribution is -0.139. The van der Waals surface area contributed by atoms with E-state index >= 15 is 0 Å². The summed E-state index contributed by atoms with van der Waals surface area (Å²) in [7, 11) is 0. The van der Waals surface area contributed by atoms with Gasteiger partial charge in [-0.1, -0.05) is 27.2 Å². The molecule has 17 heavy (non-hydrogen) atoms. The highest BCUT2D eigenvalue weighted by molar-refractivity contribution is 5.79. The molecule has 6 nitrogen and oxygen atoms in total. The van der Waals surface area contributed by atoms with E-state index in [4.69, 9.17) is 9.84 Å². The lowest BCUT2D eigenvalue weighted by atomic mass is 10.0. The summed E-state index contributed by atoms with van der Waals surface area (Å²) < 4.78 is 4.83. The molecule has 1 amide bonds. The average molecular weight is 249 g/mol. The van der Waals surface area contributed by atoms with Gasteiger partial charge in [-0.05, 0) is 18.8 Å². The number of unbranched alkanes of at least 4 members (excludes halogenated alkanes) is 1. The number of rotatable bonds is 7. The Morgan fingerprint density at radius 3 is 2.35 bits per heavy atom. The summed E-state index contributed by atoms with van der Waals surface area (Å²) in [6.07, 6.45) is 1.47. The molecular weight excluding hydrogens is 226 g/mol. The normalized spacial score (nSPS) is 11.5. The quantitative estimate of drug-likeness (QED) is 0.660. The van der Waals surface area contributed by atoms with E-state index in [0.29, 0.717) is 13.0 Å². The number of alkyl carbamates (subject to hydrolysis) is 1. The Labute approximate surface area is 102 Å². The summed E-state index contributed by atoms with van der Waals surface area (Å²) in [6.45, 7) is 6.12. The van der Waals surface area contributed by atoms with Gasteiger partial charge in [-0.25, -0.2) is 9.59 Å². The van der Waals surface area contributed by atoms with Crippen LogP contribution in [0.2, 0.25) is 0 Å². The topological polar surface area (TPSA) is 107 Å². The zero-order valence-electron chi connectivity index (χ0n) is 10.7. The molecule has 6 heteroatoms. The van der Waals surface area contributed by atoms with Crippen LogP contribution in [0, 0.1) is 5.92 Å². The molecule has 0 heterocycles. The number of carbonyl (C=O) groups is 2. The molecule has 0 spiro atoms. The van der Waals surface area contributed by atoms with Gasteiger partial charge < -0.3 is 20.6 Å². The number of hydrogen-bond acceptors (Lipinski definition) is 3. The molecule has 0 saturated heterocycles. The Bertz CT molecular complexity index is 230. The molecule has 0 rings (SSSR count). The molecule has 0 bridgehead atoms. The molecule has 0 aromatic carbocycles. The second-order valence-corrected chi connectivity index (χ2v) is 4.15. The Hall–Kier alpha value is -1.30. The molecule has 0 aliphatic heterocycles. The SMILES string of the molecule is CCCCOC(=O)N[C@@H](CC(C)C)C(=O)O.O. The first-order valence-corrected chi connectivity index (χ1v) is 5.63.